The standard InChI is InChI=1S/C18H31N3/c1-3-4-5-6-7-8-9-12-15-21(2)17-14-11-10-13-16(17)18(19)20/h10-11,13-14H,3-9,12,15H2,1-2H3,(H3,19,20). The molecule has 0 aliphatic carbocycles. The van der Waals surface area contributed by atoms with Gasteiger partial charge in [0.15, 0.2) is 0 Å². The van der Waals surface area contributed by atoms with Crippen molar-refractivity contribution in [1.82, 2.24) is 0 Å². The summed E-state index contributed by atoms with van der Waals surface area (Å²) in [7, 11) is 2.09. The molecule has 21 heavy (non-hydrogen) atoms. The highest BCUT2D eigenvalue weighted by Crippen LogP contribution is 2.19. The van der Waals surface area contributed by atoms with Crippen molar-refractivity contribution in [2.45, 2.75) is 58.3 Å². The Morgan fingerprint density at radius 3 is 2.19 bits per heavy atom. The summed E-state index contributed by atoms with van der Waals surface area (Å²) in [6.07, 6.45) is 10.7. The van der Waals surface area contributed by atoms with Crippen LogP contribution >= 0.6 is 0 Å². The second-order valence-corrected chi connectivity index (χ2v) is 5.83. The summed E-state index contributed by atoms with van der Waals surface area (Å²) in [6.45, 7) is 3.29. The molecule has 0 radical (unpaired) electrons. The largest absolute Gasteiger partial charge is 0.384 e. The summed E-state index contributed by atoms with van der Waals surface area (Å²) >= 11 is 0. The van der Waals surface area contributed by atoms with Crippen molar-refractivity contribution in [2.24, 2.45) is 5.73 Å². The molecular formula is C18H31N3. The summed E-state index contributed by atoms with van der Waals surface area (Å²) in [5.41, 5.74) is 7.54. The van der Waals surface area contributed by atoms with Gasteiger partial charge in [-0.2, -0.15) is 0 Å². The Labute approximate surface area is 130 Å². The molecule has 1 aromatic carbocycles. The maximum Gasteiger partial charge on any atom is 0.124 e. The van der Waals surface area contributed by atoms with Gasteiger partial charge in [0.1, 0.15) is 5.84 Å². The monoisotopic (exact) mass is 289 g/mol. The van der Waals surface area contributed by atoms with Crippen LogP contribution in [-0.4, -0.2) is 19.4 Å². The number of nitrogens with zero attached hydrogens (tertiary/aromatic N) is 1. The maximum absolute atomic E-state index is 7.64. The number of para-hydroxylation sites is 1. The van der Waals surface area contributed by atoms with Gasteiger partial charge >= 0.3 is 0 Å². The van der Waals surface area contributed by atoms with Gasteiger partial charge in [-0.1, -0.05) is 64.0 Å². The molecule has 0 saturated heterocycles. The first-order chi connectivity index (χ1) is 10.2. The van der Waals surface area contributed by atoms with Crippen LogP contribution in [0.15, 0.2) is 24.3 Å². The Morgan fingerprint density at radius 2 is 1.57 bits per heavy atom. The third-order valence-corrected chi connectivity index (χ3v) is 3.95. The molecule has 0 atom stereocenters. The number of hydrogen-bond acceptors (Lipinski definition) is 2. The lowest BCUT2D eigenvalue weighted by Crippen LogP contribution is -2.23. The average molecular weight is 289 g/mol. The number of hydrogen-bond donors (Lipinski definition) is 2. The zero-order valence-corrected chi connectivity index (χ0v) is 13.7. The Kier molecular flexibility index (Phi) is 8.56. The number of anilines is 1. The van der Waals surface area contributed by atoms with E-state index in [2.05, 4.69) is 18.9 Å². The normalized spacial score (nSPS) is 10.6. The lowest BCUT2D eigenvalue weighted by Gasteiger charge is -2.22. The molecule has 0 heterocycles. The highest BCUT2D eigenvalue weighted by atomic mass is 15.1. The van der Waals surface area contributed by atoms with E-state index in [-0.39, 0.29) is 5.84 Å². The average Bonchev–Trinajstić information content (AvgIpc) is 2.49. The Bertz CT molecular complexity index is 415. The molecule has 3 nitrogen and oxygen atoms in total. The van der Waals surface area contributed by atoms with Crippen molar-refractivity contribution in [2.75, 3.05) is 18.5 Å². The predicted molar refractivity (Wildman–Crippen MR) is 93.3 cm³/mol. The Hall–Kier alpha value is -1.51. The van der Waals surface area contributed by atoms with E-state index in [1.54, 1.807) is 0 Å². The van der Waals surface area contributed by atoms with Crippen molar-refractivity contribution in [3.63, 3.8) is 0 Å². The van der Waals surface area contributed by atoms with Gasteiger partial charge in [0.05, 0.1) is 0 Å². The van der Waals surface area contributed by atoms with Gasteiger partial charge in [-0.05, 0) is 18.6 Å². The molecule has 0 spiro atoms. The van der Waals surface area contributed by atoms with Crippen LogP contribution < -0.4 is 10.6 Å². The minimum Gasteiger partial charge on any atom is -0.384 e. The smallest absolute Gasteiger partial charge is 0.124 e. The van der Waals surface area contributed by atoms with E-state index < -0.39 is 0 Å². The molecule has 0 aliphatic rings. The molecule has 118 valence electrons. The summed E-state index contributed by atoms with van der Waals surface area (Å²) in [4.78, 5) is 2.22. The van der Waals surface area contributed by atoms with Crippen LogP contribution in [0.2, 0.25) is 0 Å². The fourth-order valence-corrected chi connectivity index (χ4v) is 2.64. The highest BCUT2D eigenvalue weighted by molar-refractivity contribution is 6.00. The third-order valence-electron chi connectivity index (χ3n) is 3.95. The second kappa shape index (κ2) is 10.3. The summed E-state index contributed by atoms with van der Waals surface area (Å²) in [5.74, 6) is 0.147. The molecule has 1 rings (SSSR count). The van der Waals surface area contributed by atoms with Crippen LogP contribution in [-0.2, 0) is 0 Å². The van der Waals surface area contributed by atoms with E-state index in [0.717, 1.165) is 17.8 Å². The minimum atomic E-state index is 0.147. The second-order valence-electron chi connectivity index (χ2n) is 5.83. The van der Waals surface area contributed by atoms with Crippen LogP contribution in [0, 0.1) is 5.41 Å². The van der Waals surface area contributed by atoms with Crippen LogP contribution in [0.1, 0.15) is 63.9 Å². The fraction of sp³-hybridized carbons (Fsp3) is 0.611. The Balaban J connectivity index is 2.25. The fourth-order valence-electron chi connectivity index (χ4n) is 2.64. The first-order valence-electron chi connectivity index (χ1n) is 8.31. The van der Waals surface area contributed by atoms with Crippen LogP contribution in [0.25, 0.3) is 0 Å². The van der Waals surface area contributed by atoms with E-state index in [1.165, 1.54) is 51.4 Å². The van der Waals surface area contributed by atoms with E-state index >= 15 is 0 Å². The summed E-state index contributed by atoms with van der Waals surface area (Å²) in [6, 6.07) is 7.90. The third kappa shape index (κ3) is 6.65. The number of unbranched alkanes of at least 4 members (excludes halogenated alkanes) is 7. The van der Waals surface area contributed by atoms with Gasteiger partial charge in [-0.3, -0.25) is 5.41 Å². The number of nitrogens with two attached hydrogens (primary N) is 1. The topological polar surface area (TPSA) is 53.1 Å². The van der Waals surface area contributed by atoms with Crippen LogP contribution in [0.4, 0.5) is 5.69 Å². The molecule has 1 aromatic rings. The zero-order chi connectivity index (χ0) is 15.5. The molecule has 3 heteroatoms. The van der Waals surface area contributed by atoms with Gasteiger partial charge in [0.2, 0.25) is 0 Å². The first kappa shape index (κ1) is 17.5. The predicted octanol–water partition coefficient (Wildman–Crippen LogP) is 4.55. The molecule has 3 N–H and O–H groups in total. The summed E-state index contributed by atoms with van der Waals surface area (Å²) < 4.78 is 0. The van der Waals surface area contributed by atoms with Gasteiger partial charge in [-0.25, -0.2) is 0 Å². The van der Waals surface area contributed by atoms with Gasteiger partial charge < -0.3 is 10.6 Å². The van der Waals surface area contributed by atoms with E-state index in [1.807, 2.05) is 24.3 Å². The van der Waals surface area contributed by atoms with Crippen molar-refractivity contribution < 1.29 is 0 Å². The Morgan fingerprint density at radius 1 is 1.00 bits per heavy atom. The number of benzene rings is 1. The minimum absolute atomic E-state index is 0.147. The highest BCUT2D eigenvalue weighted by Gasteiger charge is 2.08. The molecule has 0 unspecified atom stereocenters. The molecular weight excluding hydrogens is 258 g/mol. The number of nitrogens with one attached hydrogen (secondary N) is 1. The van der Waals surface area contributed by atoms with Crippen molar-refractivity contribution in [3.8, 4) is 0 Å². The van der Waals surface area contributed by atoms with Crippen molar-refractivity contribution in [3.05, 3.63) is 29.8 Å². The quantitative estimate of drug-likeness (QED) is 0.357. The van der Waals surface area contributed by atoms with Gasteiger partial charge in [0, 0.05) is 24.8 Å². The zero-order valence-electron chi connectivity index (χ0n) is 13.7. The van der Waals surface area contributed by atoms with E-state index in [9.17, 15) is 0 Å². The SMILES string of the molecule is CCCCCCCCCCN(C)c1ccccc1C(=N)N. The van der Waals surface area contributed by atoms with Crippen LogP contribution in [0.3, 0.4) is 0 Å². The van der Waals surface area contributed by atoms with E-state index in [4.69, 9.17) is 11.1 Å². The van der Waals surface area contributed by atoms with Crippen molar-refractivity contribution in [1.29, 1.82) is 5.41 Å². The molecule has 0 saturated carbocycles. The maximum atomic E-state index is 7.64. The molecule has 0 amide bonds. The lowest BCUT2D eigenvalue weighted by atomic mass is 10.1. The van der Waals surface area contributed by atoms with Gasteiger partial charge in [-0.15, -0.1) is 0 Å². The molecule has 0 aromatic heterocycles. The molecule has 0 fully saturated rings. The lowest BCUT2D eigenvalue weighted by molar-refractivity contribution is 0.575. The molecule has 0 bridgehead atoms. The van der Waals surface area contributed by atoms with Crippen molar-refractivity contribution >= 4 is 11.5 Å². The number of amidine groups is 1. The number of rotatable bonds is 11. The number of nitrogen functional groups attached to an aromatic ring is 1. The first-order valence-corrected chi connectivity index (χ1v) is 8.31. The summed E-state index contributed by atoms with van der Waals surface area (Å²) in [5, 5.41) is 7.64. The van der Waals surface area contributed by atoms with Crippen LogP contribution in [0.5, 0.6) is 0 Å². The van der Waals surface area contributed by atoms with E-state index in [0.29, 0.717) is 0 Å². The molecule has 0 aliphatic heterocycles. The van der Waals surface area contributed by atoms with Gasteiger partial charge in [0.25, 0.3) is 0 Å².